The molecule has 0 fully saturated rings. The molecule has 0 saturated carbocycles. The number of carbonyl (C=O) groups is 2. The van der Waals surface area contributed by atoms with Crippen molar-refractivity contribution in [1.82, 2.24) is 20.3 Å². The van der Waals surface area contributed by atoms with E-state index in [1.54, 1.807) is 30.8 Å². The molecule has 5 aromatic rings. The Bertz CT molecular complexity index is 1550. The number of hydrogen-bond acceptors (Lipinski definition) is 6. The number of ether oxygens (including phenoxy) is 1. The second-order valence-electron chi connectivity index (χ2n) is 8.63. The molecule has 2 amide bonds. The highest BCUT2D eigenvalue weighted by Crippen LogP contribution is 2.34. The van der Waals surface area contributed by atoms with Crippen molar-refractivity contribution in [3.63, 3.8) is 0 Å². The van der Waals surface area contributed by atoms with Crippen LogP contribution in [0.4, 0.5) is 5.69 Å². The summed E-state index contributed by atoms with van der Waals surface area (Å²) >= 11 is 0. The third kappa shape index (κ3) is 4.94. The number of aryl methyl sites for hydroxylation is 1. The Labute approximate surface area is 213 Å². The highest BCUT2D eigenvalue weighted by Gasteiger charge is 2.36. The van der Waals surface area contributed by atoms with E-state index in [1.807, 2.05) is 66.7 Å². The lowest BCUT2D eigenvalue weighted by molar-refractivity contribution is -0.127. The minimum absolute atomic E-state index is 0.120. The van der Waals surface area contributed by atoms with Gasteiger partial charge in [0.2, 0.25) is 5.91 Å². The lowest BCUT2D eigenvalue weighted by atomic mass is 10.0. The number of benzene rings is 3. The van der Waals surface area contributed by atoms with Gasteiger partial charge in [-0.3, -0.25) is 14.5 Å². The molecule has 9 heteroatoms. The summed E-state index contributed by atoms with van der Waals surface area (Å²) < 4.78 is 12.6. The SMILES string of the molecule is COCCNC(=O)[C@@H](c1ccc(C)o1)N(C(=O)Cn1nnc2ccccc21)c1cccc2ccccc12. The molecule has 0 saturated heterocycles. The molecule has 37 heavy (non-hydrogen) atoms. The van der Waals surface area contributed by atoms with Gasteiger partial charge in [0.15, 0.2) is 6.04 Å². The highest BCUT2D eigenvalue weighted by molar-refractivity contribution is 6.07. The minimum atomic E-state index is -1.06. The van der Waals surface area contributed by atoms with Gasteiger partial charge in [0.05, 0.1) is 17.8 Å². The lowest BCUT2D eigenvalue weighted by Gasteiger charge is -2.31. The molecule has 0 aliphatic heterocycles. The number of para-hydroxylation sites is 1. The first-order valence-electron chi connectivity index (χ1n) is 12.0. The average Bonchev–Trinajstić information content (AvgIpc) is 3.53. The van der Waals surface area contributed by atoms with Gasteiger partial charge in [-0.25, -0.2) is 4.68 Å². The number of nitrogens with zero attached hydrogens (tertiary/aromatic N) is 4. The summed E-state index contributed by atoms with van der Waals surface area (Å²) in [4.78, 5) is 29.3. The van der Waals surface area contributed by atoms with Crippen molar-refractivity contribution < 1.29 is 18.7 Å². The summed E-state index contributed by atoms with van der Waals surface area (Å²) in [5, 5.41) is 13.0. The number of fused-ring (bicyclic) bond motifs is 2. The normalized spacial score (nSPS) is 12.1. The summed E-state index contributed by atoms with van der Waals surface area (Å²) in [6.07, 6.45) is 0. The Hall–Kier alpha value is -4.50. The second-order valence-corrected chi connectivity index (χ2v) is 8.63. The number of carbonyl (C=O) groups excluding carboxylic acids is 2. The van der Waals surface area contributed by atoms with E-state index < -0.39 is 6.04 Å². The molecule has 0 aliphatic carbocycles. The third-order valence-corrected chi connectivity index (χ3v) is 6.14. The average molecular weight is 498 g/mol. The van der Waals surface area contributed by atoms with Crippen molar-refractivity contribution in [2.24, 2.45) is 0 Å². The zero-order chi connectivity index (χ0) is 25.8. The number of amides is 2. The van der Waals surface area contributed by atoms with Gasteiger partial charge < -0.3 is 14.5 Å². The van der Waals surface area contributed by atoms with Crippen molar-refractivity contribution in [3.8, 4) is 0 Å². The van der Waals surface area contributed by atoms with Gasteiger partial charge in [0, 0.05) is 19.0 Å². The summed E-state index contributed by atoms with van der Waals surface area (Å²) in [5.41, 5.74) is 2.00. The molecule has 0 spiro atoms. The van der Waals surface area contributed by atoms with Crippen molar-refractivity contribution in [1.29, 1.82) is 0 Å². The fourth-order valence-electron chi connectivity index (χ4n) is 4.42. The molecular weight excluding hydrogens is 470 g/mol. The fourth-order valence-corrected chi connectivity index (χ4v) is 4.42. The zero-order valence-electron chi connectivity index (χ0n) is 20.6. The van der Waals surface area contributed by atoms with Crippen molar-refractivity contribution >= 4 is 39.3 Å². The first-order valence-corrected chi connectivity index (χ1v) is 12.0. The minimum Gasteiger partial charge on any atom is -0.464 e. The van der Waals surface area contributed by atoms with Crippen LogP contribution in [0, 0.1) is 6.92 Å². The van der Waals surface area contributed by atoms with E-state index in [-0.39, 0.29) is 24.9 Å². The largest absolute Gasteiger partial charge is 0.464 e. The van der Waals surface area contributed by atoms with Crippen LogP contribution in [0.15, 0.2) is 83.3 Å². The summed E-state index contributed by atoms with van der Waals surface area (Å²) in [7, 11) is 1.56. The number of anilines is 1. The maximum absolute atomic E-state index is 14.1. The molecule has 2 aromatic heterocycles. The Morgan fingerprint density at radius 1 is 1.03 bits per heavy atom. The number of methoxy groups -OCH3 is 1. The fraction of sp³-hybridized carbons (Fsp3) is 0.214. The zero-order valence-corrected chi connectivity index (χ0v) is 20.6. The van der Waals surface area contributed by atoms with Gasteiger partial charge in [-0.2, -0.15) is 0 Å². The standard InChI is InChI=1S/C28H27N5O4/c1-19-14-15-25(37-19)27(28(35)29-16-17-36-2)33(23-13-7-9-20-8-3-4-10-21(20)23)26(34)18-32-24-12-6-5-11-22(24)30-31-32/h3-15,27H,16-18H2,1-2H3,(H,29,35)/t27-/m1/s1. The molecule has 1 N–H and O–H groups in total. The first kappa shape index (κ1) is 24.2. The van der Waals surface area contributed by atoms with Crippen LogP contribution in [0.2, 0.25) is 0 Å². The Morgan fingerprint density at radius 2 is 1.81 bits per heavy atom. The predicted octanol–water partition coefficient (Wildman–Crippen LogP) is 4.02. The van der Waals surface area contributed by atoms with E-state index >= 15 is 0 Å². The van der Waals surface area contributed by atoms with Crippen LogP contribution in [0.5, 0.6) is 0 Å². The van der Waals surface area contributed by atoms with Crippen LogP contribution in [-0.2, 0) is 20.9 Å². The van der Waals surface area contributed by atoms with Crippen LogP contribution in [0.3, 0.4) is 0 Å². The number of aromatic nitrogens is 3. The van der Waals surface area contributed by atoms with Crippen molar-refractivity contribution in [2.45, 2.75) is 19.5 Å². The Morgan fingerprint density at radius 3 is 2.62 bits per heavy atom. The van der Waals surface area contributed by atoms with Crippen LogP contribution < -0.4 is 10.2 Å². The van der Waals surface area contributed by atoms with E-state index in [4.69, 9.17) is 9.15 Å². The lowest BCUT2D eigenvalue weighted by Crippen LogP contribution is -2.46. The molecule has 0 radical (unpaired) electrons. The summed E-state index contributed by atoms with van der Waals surface area (Å²) in [6, 6.07) is 23.3. The quantitative estimate of drug-likeness (QED) is 0.309. The monoisotopic (exact) mass is 497 g/mol. The van der Waals surface area contributed by atoms with Crippen molar-refractivity contribution in [2.75, 3.05) is 25.2 Å². The Kier molecular flexibility index (Phi) is 6.96. The molecule has 188 valence electrons. The molecule has 0 unspecified atom stereocenters. The van der Waals surface area contributed by atoms with E-state index in [1.165, 1.54) is 4.90 Å². The van der Waals surface area contributed by atoms with E-state index in [2.05, 4.69) is 15.6 Å². The molecular formula is C28H27N5O4. The molecule has 0 aliphatic rings. The van der Waals surface area contributed by atoms with Gasteiger partial charge in [0.25, 0.3) is 5.91 Å². The number of furan rings is 1. The topological polar surface area (TPSA) is 102 Å². The highest BCUT2D eigenvalue weighted by atomic mass is 16.5. The van der Waals surface area contributed by atoms with Crippen LogP contribution in [0.25, 0.3) is 21.8 Å². The first-order chi connectivity index (χ1) is 18.1. The van der Waals surface area contributed by atoms with Crippen LogP contribution in [-0.4, -0.2) is 47.1 Å². The van der Waals surface area contributed by atoms with Gasteiger partial charge in [0.1, 0.15) is 23.6 Å². The molecule has 2 heterocycles. The van der Waals surface area contributed by atoms with E-state index in [0.717, 1.165) is 16.3 Å². The van der Waals surface area contributed by atoms with Gasteiger partial charge >= 0.3 is 0 Å². The van der Waals surface area contributed by atoms with Gasteiger partial charge in [-0.05, 0) is 42.6 Å². The van der Waals surface area contributed by atoms with Crippen LogP contribution >= 0.6 is 0 Å². The predicted molar refractivity (Wildman–Crippen MR) is 140 cm³/mol. The van der Waals surface area contributed by atoms with Gasteiger partial charge in [-0.15, -0.1) is 5.10 Å². The molecule has 3 aromatic carbocycles. The summed E-state index contributed by atoms with van der Waals surface area (Å²) in [5.74, 6) is 0.276. The molecule has 5 rings (SSSR count). The maximum atomic E-state index is 14.1. The molecule has 0 bridgehead atoms. The summed E-state index contributed by atoms with van der Waals surface area (Å²) in [6.45, 7) is 2.31. The number of hydrogen-bond donors (Lipinski definition) is 1. The molecule has 1 atom stereocenters. The van der Waals surface area contributed by atoms with E-state index in [0.29, 0.717) is 29.3 Å². The van der Waals surface area contributed by atoms with Crippen LogP contribution in [0.1, 0.15) is 17.6 Å². The van der Waals surface area contributed by atoms with Crippen molar-refractivity contribution in [3.05, 3.63) is 90.4 Å². The van der Waals surface area contributed by atoms with E-state index in [9.17, 15) is 9.59 Å². The smallest absolute Gasteiger partial charge is 0.251 e. The second kappa shape index (κ2) is 10.6. The Balaban J connectivity index is 1.63. The third-order valence-electron chi connectivity index (χ3n) is 6.14. The molecule has 9 nitrogen and oxygen atoms in total. The maximum Gasteiger partial charge on any atom is 0.251 e. The number of nitrogens with one attached hydrogen (secondary N) is 1. The number of rotatable bonds is 9. The van der Waals surface area contributed by atoms with Gasteiger partial charge in [-0.1, -0.05) is 53.7 Å².